The molecule has 0 bridgehead atoms. The van der Waals surface area contributed by atoms with Crippen molar-refractivity contribution >= 4 is 21.6 Å². The Bertz CT molecular complexity index is 768. The highest BCUT2D eigenvalue weighted by molar-refractivity contribution is 7.19. The minimum absolute atomic E-state index is 0.196. The van der Waals surface area contributed by atoms with E-state index in [1.807, 2.05) is 6.92 Å². The molecule has 26 heavy (non-hydrogen) atoms. The molecular formula is C20H29N3O2S. The molecule has 142 valence electrons. The van der Waals surface area contributed by atoms with Gasteiger partial charge < -0.3 is 14.7 Å². The second-order valence-electron chi connectivity index (χ2n) is 7.93. The number of fused-ring (bicyclic) bond motifs is 3. The van der Waals surface area contributed by atoms with Crippen LogP contribution in [0.15, 0.2) is 6.33 Å². The quantitative estimate of drug-likeness (QED) is 0.863. The average molecular weight is 376 g/mol. The van der Waals surface area contributed by atoms with Crippen molar-refractivity contribution in [3.05, 3.63) is 16.8 Å². The van der Waals surface area contributed by atoms with Crippen LogP contribution in [0.1, 0.15) is 61.8 Å². The maximum absolute atomic E-state index is 10.5. The summed E-state index contributed by atoms with van der Waals surface area (Å²) in [5.41, 5.74) is 1.26. The van der Waals surface area contributed by atoms with Gasteiger partial charge in [-0.25, -0.2) is 9.97 Å². The van der Waals surface area contributed by atoms with Crippen LogP contribution in [0.3, 0.4) is 0 Å². The summed E-state index contributed by atoms with van der Waals surface area (Å²) in [6.45, 7) is 2.05. The smallest absolute Gasteiger partial charge is 0.225 e. The predicted octanol–water partition coefficient (Wildman–Crippen LogP) is 3.74. The lowest BCUT2D eigenvalue weighted by Gasteiger charge is -2.32. The maximum atomic E-state index is 10.5. The molecule has 1 fully saturated rings. The van der Waals surface area contributed by atoms with Gasteiger partial charge >= 0.3 is 0 Å². The third-order valence-corrected chi connectivity index (χ3v) is 7.33. The van der Waals surface area contributed by atoms with E-state index in [0.717, 1.165) is 48.2 Å². The molecule has 2 heterocycles. The first-order valence-electron chi connectivity index (χ1n) is 9.85. The van der Waals surface area contributed by atoms with Crippen LogP contribution in [-0.2, 0) is 6.42 Å². The van der Waals surface area contributed by atoms with E-state index in [9.17, 15) is 5.11 Å². The van der Waals surface area contributed by atoms with E-state index in [0.29, 0.717) is 6.04 Å². The maximum Gasteiger partial charge on any atom is 0.225 e. The van der Waals surface area contributed by atoms with E-state index in [1.165, 1.54) is 23.3 Å². The van der Waals surface area contributed by atoms with Crippen molar-refractivity contribution < 1.29 is 9.84 Å². The molecule has 2 aromatic heterocycles. The summed E-state index contributed by atoms with van der Waals surface area (Å²) in [7, 11) is 4.32. The highest BCUT2D eigenvalue weighted by Crippen LogP contribution is 2.47. The Morgan fingerprint density at radius 2 is 2.00 bits per heavy atom. The fourth-order valence-electron chi connectivity index (χ4n) is 4.58. The molecule has 0 aromatic carbocycles. The number of hydrogen-bond acceptors (Lipinski definition) is 6. The first-order valence-corrected chi connectivity index (χ1v) is 10.7. The van der Waals surface area contributed by atoms with Gasteiger partial charge in [0.25, 0.3) is 0 Å². The Morgan fingerprint density at radius 1 is 1.23 bits per heavy atom. The predicted molar refractivity (Wildman–Crippen MR) is 105 cm³/mol. The number of rotatable bonds is 5. The van der Waals surface area contributed by atoms with Crippen LogP contribution in [0.25, 0.3) is 10.2 Å². The monoisotopic (exact) mass is 375 g/mol. The molecule has 6 heteroatoms. The number of aryl methyl sites for hydroxylation is 1. The zero-order chi connectivity index (χ0) is 18.3. The summed E-state index contributed by atoms with van der Waals surface area (Å²) in [5, 5.41) is 11.6. The van der Waals surface area contributed by atoms with Crippen LogP contribution >= 0.6 is 11.3 Å². The molecule has 2 aliphatic carbocycles. The van der Waals surface area contributed by atoms with E-state index in [-0.39, 0.29) is 18.1 Å². The molecule has 0 amide bonds. The van der Waals surface area contributed by atoms with Crippen molar-refractivity contribution in [1.29, 1.82) is 0 Å². The molecule has 5 nitrogen and oxygen atoms in total. The fraction of sp³-hybridized carbons (Fsp3) is 0.700. The van der Waals surface area contributed by atoms with Crippen LogP contribution in [0.4, 0.5) is 0 Å². The Hall–Kier alpha value is -1.24. The normalized spacial score (nSPS) is 27.0. The lowest BCUT2D eigenvalue weighted by atomic mass is 9.92. The molecule has 4 rings (SSSR count). The van der Waals surface area contributed by atoms with Gasteiger partial charge in [-0.2, -0.15) is 0 Å². The lowest BCUT2D eigenvalue weighted by molar-refractivity contribution is 0.108. The van der Waals surface area contributed by atoms with Crippen LogP contribution in [0.5, 0.6) is 5.88 Å². The first kappa shape index (κ1) is 18.1. The second-order valence-corrected chi connectivity index (χ2v) is 9.01. The number of thiophene rings is 1. The summed E-state index contributed by atoms with van der Waals surface area (Å²) in [6, 6.07) is 0.662. The van der Waals surface area contributed by atoms with Gasteiger partial charge in [0.15, 0.2) is 0 Å². The first-order chi connectivity index (χ1) is 12.6. The number of aliphatic hydroxyl groups is 1. The number of aromatic nitrogens is 2. The standard InChI is InChI=1S/C20H29N3O2S/c1-4-15(24)14-9-10-16-17(14)18-19(21-11-22-20(18)26-16)25-13-7-5-12(6-8-13)23(2)3/h11-15,24H,4-10H2,1-3H3. The van der Waals surface area contributed by atoms with Crippen molar-refractivity contribution in [2.24, 2.45) is 0 Å². The van der Waals surface area contributed by atoms with Crippen LogP contribution in [-0.4, -0.2) is 52.3 Å². The lowest BCUT2D eigenvalue weighted by Crippen LogP contribution is -2.35. The topological polar surface area (TPSA) is 58.5 Å². The summed E-state index contributed by atoms with van der Waals surface area (Å²) in [4.78, 5) is 13.7. The molecule has 2 aliphatic rings. The van der Waals surface area contributed by atoms with E-state index >= 15 is 0 Å². The SMILES string of the molecule is CCC(O)C1CCc2sc3ncnc(OC4CCC(N(C)C)CC4)c3c21. The van der Waals surface area contributed by atoms with E-state index < -0.39 is 0 Å². The van der Waals surface area contributed by atoms with Crippen molar-refractivity contribution in [3.63, 3.8) is 0 Å². The Morgan fingerprint density at radius 3 is 2.69 bits per heavy atom. The number of ether oxygens (including phenoxy) is 1. The number of hydrogen-bond donors (Lipinski definition) is 1. The van der Waals surface area contributed by atoms with Crippen LogP contribution in [0, 0.1) is 0 Å². The van der Waals surface area contributed by atoms with Crippen molar-refractivity contribution in [2.75, 3.05) is 14.1 Å². The summed E-state index contributed by atoms with van der Waals surface area (Å²) in [6.07, 6.45) is 8.88. The Balaban J connectivity index is 1.61. The molecule has 0 aliphatic heterocycles. The highest BCUT2D eigenvalue weighted by Gasteiger charge is 2.34. The molecule has 1 saturated carbocycles. The van der Waals surface area contributed by atoms with Crippen molar-refractivity contribution in [3.8, 4) is 5.88 Å². The third-order valence-electron chi connectivity index (χ3n) is 6.16. The van der Waals surface area contributed by atoms with Gasteiger partial charge in [-0.3, -0.25) is 0 Å². The highest BCUT2D eigenvalue weighted by atomic mass is 32.1. The molecule has 0 spiro atoms. The molecule has 2 aromatic rings. The molecule has 0 radical (unpaired) electrons. The Kier molecular flexibility index (Phi) is 5.17. The van der Waals surface area contributed by atoms with Gasteiger partial charge in [-0.15, -0.1) is 11.3 Å². The molecular weight excluding hydrogens is 346 g/mol. The van der Waals surface area contributed by atoms with Gasteiger partial charge in [-0.05, 0) is 64.6 Å². The Labute approximate surface area is 159 Å². The van der Waals surface area contributed by atoms with Gasteiger partial charge in [0.05, 0.1) is 11.5 Å². The van der Waals surface area contributed by atoms with Gasteiger partial charge in [0, 0.05) is 16.8 Å². The second kappa shape index (κ2) is 7.41. The molecule has 1 N–H and O–H groups in total. The fourth-order valence-corrected chi connectivity index (χ4v) is 5.79. The summed E-state index contributed by atoms with van der Waals surface area (Å²) >= 11 is 1.75. The summed E-state index contributed by atoms with van der Waals surface area (Å²) in [5.74, 6) is 0.928. The van der Waals surface area contributed by atoms with Crippen molar-refractivity contribution in [2.45, 2.75) is 76.0 Å². The zero-order valence-electron chi connectivity index (χ0n) is 15.9. The number of nitrogens with zero attached hydrogens (tertiary/aromatic N) is 3. The van der Waals surface area contributed by atoms with E-state index in [4.69, 9.17) is 4.74 Å². The van der Waals surface area contributed by atoms with E-state index in [1.54, 1.807) is 17.7 Å². The van der Waals surface area contributed by atoms with Crippen LogP contribution in [0.2, 0.25) is 0 Å². The molecule has 2 unspecified atom stereocenters. The minimum atomic E-state index is -0.294. The molecule has 2 atom stereocenters. The van der Waals surface area contributed by atoms with Gasteiger partial charge in [-0.1, -0.05) is 6.92 Å². The summed E-state index contributed by atoms with van der Waals surface area (Å²) < 4.78 is 6.40. The largest absolute Gasteiger partial charge is 0.474 e. The third kappa shape index (κ3) is 3.23. The van der Waals surface area contributed by atoms with Gasteiger partial charge in [0.1, 0.15) is 17.3 Å². The minimum Gasteiger partial charge on any atom is -0.474 e. The zero-order valence-corrected chi connectivity index (χ0v) is 16.8. The van der Waals surface area contributed by atoms with Crippen molar-refractivity contribution in [1.82, 2.24) is 14.9 Å². The van der Waals surface area contributed by atoms with Gasteiger partial charge in [0.2, 0.25) is 5.88 Å². The number of aliphatic hydroxyl groups excluding tert-OH is 1. The average Bonchev–Trinajstić information content (AvgIpc) is 3.21. The molecule has 0 saturated heterocycles. The van der Waals surface area contributed by atoms with E-state index in [2.05, 4.69) is 29.0 Å². The van der Waals surface area contributed by atoms with Crippen LogP contribution < -0.4 is 4.74 Å².